The molecule has 41 heavy (non-hydrogen) atoms. The first-order valence-electron chi connectivity index (χ1n) is 17.6. The highest BCUT2D eigenvalue weighted by Gasteiger charge is 2.57. The Morgan fingerprint density at radius 2 is 1.54 bits per heavy atom. The van der Waals surface area contributed by atoms with Crippen molar-refractivity contribution >= 4 is 8.80 Å². The molecule has 0 radical (unpaired) electrons. The molecule has 0 spiro atoms. The van der Waals surface area contributed by atoms with Crippen LogP contribution < -0.4 is 0 Å². The van der Waals surface area contributed by atoms with Crippen molar-refractivity contribution < 1.29 is 18.0 Å². The zero-order chi connectivity index (χ0) is 29.7. The van der Waals surface area contributed by atoms with Crippen LogP contribution in [0.2, 0.25) is 6.04 Å². The molecule has 0 aromatic heterocycles. The van der Waals surface area contributed by atoms with E-state index < -0.39 is 8.80 Å². The molecule has 0 unspecified atom stereocenters. The monoisotopic (exact) mass is 588 g/mol. The highest BCUT2D eigenvalue weighted by Crippen LogP contribution is 2.66. The van der Waals surface area contributed by atoms with Gasteiger partial charge in [0.05, 0.1) is 6.10 Å². The topological polar surface area (TPSA) is 36.9 Å². The maximum absolute atomic E-state index is 6.51. The van der Waals surface area contributed by atoms with E-state index in [0.717, 1.165) is 55.1 Å². The summed E-state index contributed by atoms with van der Waals surface area (Å²) in [6, 6.07) is 0.835. The average Bonchev–Trinajstić information content (AvgIpc) is 3.29. The Morgan fingerprint density at radius 1 is 0.829 bits per heavy atom. The lowest BCUT2D eigenvalue weighted by Gasteiger charge is -2.55. The summed E-state index contributed by atoms with van der Waals surface area (Å²) in [6.07, 6.45) is 19.8. The van der Waals surface area contributed by atoms with Crippen LogP contribution in [0.25, 0.3) is 0 Å². The molecule has 3 fully saturated rings. The Morgan fingerprint density at radius 3 is 2.20 bits per heavy atom. The summed E-state index contributed by atoms with van der Waals surface area (Å²) in [5, 5.41) is 0. The first-order valence-corrected chi connectivity index (χ1v) is 19.5. The van der Waals surface area contributed by atoms with Crippen molar-refractivity contribution in [2.24, 2.45) is 40.4 Å². The number of hydrogen-bond acceptors (Lipinski definition) is 4. The molecule has 0 aromatic rings. The highest BCUT2D eigenvalue weighted by molar-refractivity contribution is 6.60. The molecule has 4 aliphatic carbocycles. The SMILES string of the molecule is CCO[Si](CCCO[C@H]1CC[C@@]2(C)C(=CC=C3[C@@H]4CC[C@H]([C@H](C)CCCC(C)C)[C@@]4(C)CC[C@@H]32)C1)(OCC)OCC. The lowest BCUT2D eigenvalue weighted by Crippen LogP contribution is -2.47. The summed E-state index contributed by atoms with van der Waals surface area (Å²) in [5.74, 6) is 4.14. The molecule has 4 aliphatic rings. The maximum Gasteiger partial charge on any atom is 0.501 e. The van der Waals surface area contributed by atoms with E-state index in [9.17, 15) is 0 Å². The predicted molar refractivity (Wildman–Crippen MR) is 173 cm³/mol. The van der Waals surface area contributed by atoms with Crippen LogP contribution >= 0.6 is 0 Å². The molecular weight excluding hydrogens is 524 g/mol. The van der Waals surface area contributed by atoms with Crippen molar-refractivity contribution in [3.05, 3.63) is 23.3 Å². The van der Waals surface area contributed by atoms with Crippen LogP contribution in [0.4, 0.5) is 0 Å². The van der Waals surface area contributed by atoms with Crippen molar-refractivity contribution in [1.29, 1.82) is 0 Å². The van der Waals surface area contributed by atoms with Gasteiger partial charge in [-0.2, -0.15) is 0 Å². The van der Waals surface area contributed by atoms with Crippen LogP contribution in [0.3, 0.4) is 0 Å². The fourth-order valence-corrected chi connectivity index (χ4v) is 12.3. The summed E-state index contributed by atoms with van der Waals surface area (Å²) in [5.41, 5.74) is 4.31. The van der Waals surface area contributed by atoms with Gasteiger partial charge in [0, 0.05) is 32.5 Å². The number of allylic oxidation sites excluding steroid dienone is 3. The van der Waals surface area contributed by atoms with Crippen LogP contribution in [-0.4, -0.2) is 41.3 Å². The number of hydrogen-bond donors (Lipinski definition) is 0. The third-order valence-electron chi connectivity index (χ3n) is 11.8. The molecular formula is C36H64O4Si. The van der Waals surface area contributed by atoms with E-state index in [0.29, 0.717) is 36.8 Å². The minimum absolute atomic E-state index is 0.327. The van der Waals surface area contributed by atoms with Crippen molar-refractivity contribution in [1.82, 2.24) is 0 Å². The Labute approximate surface area is 254 Å². The van der Waals surface area contributed by atoms with E-state index in [-0.39, 0.29) is 0 Å². The van der Waals surface area contributed by atoms with Crippen molar-refractivity contribution in [2.75, 3.05) is 26.4 Å². The third-order valence-corrected chi connectivity index (χ3v) is 15.0. The molecule has 0 saturated heterocycles. The average molecular weight is 589 g/mol. The van der Waals surface area contributed by atoms with Gasteiger partial charge in [-0.05, 0) is 113 Å². The Kier molecular flexibility index (Phi) is 11.9. The number of ether oxygens (including phenoxy) is 1. The second kappa shape index (κ2) is 14.5. The van der Waals surface area contributed by atoms with E-state index in [1.807, 2.05) is 26.3 Å². The Balaban J connectivity index is 1.35. The van der Waals surface area contributed by atoms with E-state index >= 15 is 0 Å². The molecule has 3 saturated carbocycles. The largest absolute Gasteiger partial charge is 0.501 e. The van der Waals surface area contributed by atoms with Gasteiger partial charge in [0.2, 0.25) is 0 Å². The summed E-state index contributed by atoms with van der Waals surface area (Å²) in [4.78, 5) is 0. The zero-order valence-corrected chi connectivity index (χ0v) is 29.1. The molecule has 0 bridgehead atoms. The van der Waals surface area contributed by atoms with Gasteiger partial charge in [-0.25, -0.2) is 0 Å². The summed E-state index contributed by atoms with van der Waals surface area (Å²) < 4.78 is 24.6. The van der Waals surface area contributed by atoms with Crippen molar-refractivity contribution in [2.45, 2.75) is 138 Å². The fourth-order valence-electron chi connectivity index (χ4n) is 9.68. The molecule has 5 heteroatoms. The van der Waals surface area contributed by atoms with E-state index in [2.05, 4.69) is 46.8 Å². The third kappa shape index (κ3) is 7.27. The van der Waals surface area contributed by atoms with Gasteiger partial charge in [-0.15, -0.1) is 0 Å². The summed E-state index contributed by atoms with van der Waals surface area (Å²) in [7, 11) is -2.58. The molecule has 7 atom stereocenters. The minimum Gasteiger partial charge on any atom is -0.378 e. The summed E-state index contributed by atoms with van der Waals surface area (Å²) >= 11 is 0. The second-order valence-corrected chi connectivity index (χ2v) is 17.5. The molecule has 0 heterocycles. The lowest BCUT2D eigenvalue weighted by molar-refractivity contribution is -0.00152. The fraction of sp³-hybridized carbons (Fsp3) is 0.889. The smallest absolute Gasteiger partial charge is 0.378 e. The van der Waals surface area contributed by atoms with Crippen LogP contribution in [0.15, 0.2) is 23.3 Å². The quantitative estimate of drug-likeness (QED) is 0.133. The van der Waals surface area contributed by atoms with E-state index in [1.165, 1.54) is 57.8 Å². The maximum atomic E-state index is 6.51. The number of rotatable bonds is 16. The standard InChI is InChI=1S/C36H64O4Si/c1-9-38-41(39-10-2,40-11-3)25-13-24-37-30-20-22-35(7)29(26-30)16-17-31-33-19-18-32(28(6)15-12-14-27(4)5)36(33,8)23-21-34(31)35/h16-17,27-28,30,32-34H,9-15,18-26H2,1-8H3/t28-,30+,32-,33+,34+,35+,36-/m1/s1. The van der Waals surface area contributed by atoms with Gasteiger partial charge >= 0.3 is 8.80 Å². The van der Waals surface area contributed by atoms with Crippen LogP contribution in [0.5, 0.6) is 0 Å². The van der Waals surface area contributed by atoms with Crippen LogP contribution in [0.1, 0.15) is 126 Å². The van der Waals surface area contributed by atoms with Gasteiger partial charge in [-0.3, -0.25) is 0 Å². The normalized spacial score (nSPS) is 34.1. The first-order chi connectivity index (χ1) is 19.6. The predicted octanol–water partition coefficient (Wildman–Crippen LogP) is 9.77. The van der Waals surface area contributed by atoms with E-state index in [4.69, 9.17) is 18.0 Å². The van der Waals surface area contributed by atoms with Crippen molar-refractivity contribution in [3.63, 3.8) is 0 Å². The van der Waals surface area contributed by atoms with Gasteiger partial charge in [0.25, 0.3) is 0 Å². The van der Waals surface area contributed by atoms with Gasteiger partial charge in [0.1, 0.15) is 0 Å². The highest BCUT2D eigenvalue weighted by atomic mass is 28.4. The summed E-state index contributed by atoms with van der Waals surface area (Å²) in [6.45, 7) is 21.4. The molecule has 0 amide bonds. The zero-order valence-electron chi connectivity index (χ0n) is 28.1. The molecule has 0 aromatic carbocycles. The Hall–Kier alpha value is -0.463. The van der Waals surface area contributed by atoms with Crippen LogP contribution in [0, 0.1) is 40.4 Å². The minimum atomic E-state index is -2.58. The number of fused-ring (bicyclic) bond motifs is 5. The molecule has 4 nitrogen and oxygen atoms in total. The first kappa shape index (κ1) is 33.4. The molecule has 4 rings (SSSR count). The van der Waals surface area contributed by atoms with Gasteiger partial charge in [-0.1, -0.05) is 77.2 Å². The Bertz CT molecular complexity index is 881. The lowest BCUT2D eigenvalue weighted by atomic mass is 9.50. The van der Waals surface area contributed by atoms with Gasteiger partial charge < -0.3 is 18.0 Å². The molecule has 0 aliphatic heterocycles. The second-order valence-electron chi connectivity index (χ2n) is 14.7. The molecule has 0 N–H and O–H groups in total. The van der Waals surface area contributed by atoms with Crippen LogP contribution in [-0.2, 0) is 18.0 Å². The van der Waals surface area contributed by atoms with Gasteiger partial charge in [0.15, 0.2) is 0 Å². The van der Waals surface area contributed by atoms with E-state index in [1.54, 1.807) is 5.57 Å². The molecule has 236 valence electrons. The van der Waals surface area contributed by atoms with Crippen molar-refractivity contribution in [3.8, 4) is 0 Å².